The third kappa shape index (κ3) is 1.11. The van der Waals surface area contributed by atoms with E-state index in [9.17, 15) is 0 Å². The van der Waals surface area contributed by atoms with Crippen LogP contribution in [0, 0.1) is 6.92 Å². The van der Waals surface area contributed by atoms with E-state index in [2.05, 4.69) is 31.2 Å². The van der Waals surface area contributed by atoms with Crippen molar-refractivity contribution >= 4 is 0 Å². The first-order valence-electron chi connectivity index (χ1n) is 5.19. The number of hydrogen-bond donors (Lipinski definition) is 0. The summed E-state index contributed by atoms with van der Waals surface area (Å²) in [7, 11) is 0. The van der Waals surface area contributed by atoms with E-state index in [1.54, 1.807) is 0 Å². The van der Waals surface area contributed by atoms with Crippen molar-refractivity contribution in [3.63, 3.8) is 0 Å². The monoisotopic (exact) mass is 190 g/mol. The molecule has 2 aliphatic rings. The molecule has 0 radical (unpaired) electrons. The highest BCUT2D eigenvalue weighted by molar-refractivity contribution is 5.30. The first kappa shape index (κ1) is 8.45. The quantitative estimate of drug-likeness (QED) is 0.676. The zero-order valence-electron chi connectivity index (χ0n) is 8.27. The van der Waals surface area contributed by atoms with Crippen LogP contribution in [0.15, 0.2) is 24.3 Å². The molecule has 0 bridgehead atoms. The Morgan fingerprint density at radius 2 is 2.14 bits per heavy atom. The summed E-state index contributed by atoms with van der Waals surface area (Å²) in [6.45, 7) is 2.98. The molecule has 1 aromatic rings. The topological polar surface area (TPSA) is 18.5 Å². The SMILES string of the molecule is Cc1ccccc1[C@@H]1O[C@H]2CCO[C@H]21. The van der Waals surface area contributed by atoms with Crippen LogP contribution in [0.25, 0.3) is 0 Å². The van der Waals surface area contributed by atoms with Gasteiger partial charge in [0.05, 0.1) is 6.10 Å². The van der Waals surface area contributed by atoms with E-state index in [4.69, 9.17) is 9.47 Å². The predicted molar refractivity (Wildman–Crippen MR) is 53.2 cm³/mol. The molecule has 14 heavy (non-hydrogen) atoms. The first-order valence-corrected chi connectivity index (χ1v) is 5.19. The largest absolute Gasteiger partial charge is 0.372 e. The predicted octanol–water partition coefficient (Wildman–Crippen LogP) is 2.22. The molecule has 0 N–H and O–H groups in total. The minimum Gasteiger partial charge on any atom is -0.372 e. The third-order valence-electron chi connectivity index (χ3n) is 3.19. The Kier molecular flexibility index (Phi) is 1.85. The number of hydrogen-bond acceptors (Lipinski definition) is 2. The fourth-order valence-electron chi connectivity index (χ4n) is 2.35. The molecule has 3 atom stereocenters. The lowest BCUT2D eigenvalue weighted by atomic mass is 9.91. The van der Waals surface area contributed by atoms with Crippen molar-refractivity contribution in [2.24, 2.45) is 0 Å². The maximum absolute atomic E-state index is 5.80. The molecular formula is C12H14O2. The second kappa shape index (κ2) is 3.07. The van der Waals surface area contributed by atoms with Gasteiger partial charge in [-0.2, -0.15) is 0 Å². The Morgan fingerprint density at radius 1 is 1.29 bits per heavy atom. The summed E-state index contributed by atoms with van der Waals surface area (Å²) in [6.07, 6.45) is 1.92. The molecule has 0 saturated carbocycles. The van der Waals surface area contributed by atoms with Gasteiger partial charge in [0.1, 0.15) is 12.2 Å². The highest BCUT2D eigenvalue weighted by Crippen LogP contribution is 2.43. The fourth-order valence-corrected chi connectivity index (χ4v) is 2.35. The Labute approximate surface area is 83.8 Å². The summed E-state index contributed by atoms with van der Waals surface area (Å²) in [5, 5.41) is 0. The lowest BCUT2D eigenvalue weighted by Crippen LogP contribution is -2.44. The molecule has 0 unspecified atom stereocenters. The minimum atomic E-state index is 0.184. The molecule has 2 heterocycles. The van der Waals surface area contributed by atoms with Crippen molar-refractivity contribution in [2.75, 3.05) is 6.61 Å². The zero-order valence-corrected chi connectivity index (χ0v) is 8.27. The molecule has 3 rings (SSSR count). The molecular weight excluding hydrogens is 176 g/mol. The molecule has 1 aromatic carbocycles. The van der Waals surface area contributed by atoms with Crippen molar-refractivity contribution in [1.82, 2.24) is 0 Å². The van der Waals surface area contributed by atoms with Crippen LogP contribution in [0.1, 0.15) is 23.7 Å². The third-order valence-corrected chi connectivity index (χ3v) is 3.19. The van der Waals surface area contributed by atoms with Crippen LogP contribution in [-0.2, 0) is 9.47 Å². The van der Waals surface area contributed by atoms with E-state index in [0.717, 1.165) is 13.0 Å². The first-order chi connectivity index (χ1) is 6.86. The molecule has 0 aromatic heterocycles. The van der Waals surface area contributed by atoms with E-state index in [1.165, 1.54) is 11.1 Å². The molecule has 2 saturated heterocycles. The molecule has 0 aliphatic carbocycles. The molecule has 2 fully saturated rings. The van der Waals surface area contributed by atoms with Crippen LogP contribution in [0.2, 0.25) is 0 Å². The van der Waals surface area contributed by atoms with Crippen molar-refractivity contribution < 1.29 is 9.47 Å². The lowest BCUT2D eigenvalue weighted by molar-refractivity contribution is -0.202. The van der Waals surface area contributed by atoms with Crippen LogP contribution in [0.3, 0.4) is 0 Å². The van der Waals surface area contributed by atoms with E-state index >= 15 is 0 Å². The van der Waals surface area contributed by atoms with Crippen molar-refractivity contribution in [3.8, 4) is 0 Å². The van der Waals surface area contributed by atoms with Gasteiger partial charge < -0.3 is 9.47 Å². The fraction of sp³-hybridized carbons (Fsp3) is 0.500. The Hall–Kier alpha value is -0.860. The van der Waals surface area contributed by atoms with Crippen molar-refractivity contribution in [3.05, 3.63) is 35.4 Å². The normalized spacial score (nSPS) is 35.1. The van der Waals surface area contributed by atoms with Crippen LogP contribution in [0.4, 0.5) is 0 Å². The number of ether oxygens (including phenoxy) is 2. The molecule has 2 aliphatic heterocycles. The Bertz CT molecular complexity index is 348. The van der Waals surface area contributed by atoms with Crippen molar-refractivity contribution in [1.29, 1.82) is 0 Å². The van der Waals surface area contributed by atoms with Gasteiger partial charge in [-0.05, 0) is 24.5 Å². The van der Waals surface area contributed by atoms with Crippen LogP contribution < -0.4 is 0 Å². The van der Waals surface area contributed by atoms with Gasteiger partial charge in [0.25, 0.3) is 0 Å². The standard InChI is InChI=1S/C12H14O2/c1-8-4-2-3-5-9(8)11-12-10(14-11)6-7-13-12/h2-5,10-12H,6-7H2,1H3/t10-,11-,12+/m0/s1. The molecule has 0 spiro atoms. The summed E-state index contributed by atoms with van der Waals surface area (Å²) in [5.41, 5.74) is 2.59. The molecule has 2 heteroatoms. The van der Waals surface area contributed by atoms with Gasteiger partial charge in [-0.25, -0.2) is 0 Å². The molecule has 2 nitrogen and oxygen atoms in total. The number of benzene rings is 1. The minimum absolute atomic E-state index is 0.184. The van der Waals surface area contributed by atoms with E-state index in [1.807, 2.05) is 0 Å². The number of aryl methyl sites for hydroxylation is 1. The second-order valence-corrected chi connectivity index (χ2v) is 4.08. The highest BCUT2D eigenvalue weighted by atomic mass is 16.6. The van der Waals surface area contributed by atoms with Gasteiger partial charge in [-0.1, -0.05) is 24.3 Å². The van der Waals surface area contributed by atoms with Crippen molar-refractivity contribution in [2.45, 2.75) is 31.7 Å². The smallest absolute Gasteiger partial charge is 0.114 e. The number of fused-ring (bicyclic) bond motifs is 1. The summed E-state index contributed by atoms with van der Waals surface area (Å²) >= 11 is 0. The van der Waals surface area contributed by atoms with Gasteiger partial charge in [0.2, 0.25) is 0 Å². The summed E-state index contributed by atoms with van der Waals surface area (Å²) in [6, 6.07) is 8.39. The highest BCUT2D eigenvalue weighted by Gasteiger charge is 2.47. The van der Waals surface area contributed by atoms with Crippen LogP contribution in [-0.4, -0.2) is 18.8 Å². The average molecular weight is 190 g/mol. The second-order valence-electron chi connectivity index (χ2n) is 4.08. The van der Waals surface area contributed by atoms with Crippen LogP contribution in [0.5, 0.6) is 0 Å². The van der Waals surface area contributed by atoms with Gasteiger partial charge >= 0.3 is 0 Å². The molecule has 0 amide bonds. The van der Waals surface area contributed by atoms with Gasteiger partial charge in [0.15, 0.2) is 0 Å². The van der Waals surface area contributed by atoms with Gasteiger partial charge in [-0.3, -0.25) is 0 Å². The molecule has 74 valence electrons. The van der Waals surface area contributed by atoms with Crippen LogP contribution >= 0.6 is 0 Å². The maximum Gasteiger partial charge on any atom is 0.114 e. The van der Waals surface area contributed by atoms with Gasteiger partial charge in [0, 0.05) is 6.61 Å². The Morgan fingerprint density at radius 3 is 2.93 bits per heavy atom. The van der Waals surface area contributed by atoms with E-state index in [0.29, 0.717) is 12.2 Å². The summed E-state index contributed by atoms with van der Waals surface area (Å²) in [4.78, 5) is 0. The maximum atomic E-state index is 5.80. The summed E-state index contributed by atoms with van der Waals surface area (Å²) < 4.78 is 11.5. The number of rotatable bonds is 1. The summed E-state index contributed by atoms with van der Waals surface area (Å²) in [5.74, 6) is 0. The van der Waals surface area contributed by atoms with Gasteiger partial charge in [-0.15, -0.1) is 0 Å². The lowest BCUT2D eigenvalue weighted by Gasteiger charge is -2.40. The van der Waals surface area contributed by atoms with E-state index in [-0.39, 0.29) is 6.10 Å². The average Bonchev–Trinajstić information content (AvgIpc) is 2.52. The Balaban J connectivity index is 1.87. The van der Waals surface area contributed by atoms with E-state index < -0.39 is 0 Å². The zero-order chi connectivity index (χ0) is 9.54.